The summed E-state index contributed by atoms with van der Waals surface area (Å²) in [5, 5.41) is 4.42. The molecule has 2 heterocycles. The molecule has 0 spiro atoms. The van der Waals surface area contributed by atoms with E-state index in [1.807, 2.05) is 0 Å². The average Bonchev–Trinajstić information content (AvgIpc) is 3.15. The molecule has 4 nitrogen and oxygen atoms in total. The summed E-state index contributed by atoms with van der Waals surface area (Å²) in [6.45, 7) is 0.488. The van der Waals surface area contributed by atoms with Crippen LogP contribution >= 0.6 is 11.3 Å². The van der Waals surface area contributed by atoms with Gasteiger partial charge in [0.25, 0.3) is 5.91 Å². The highest BCUT2D eigenvalue weighted by molar-refractivity contribution is 7.12. The zero-order valence-electron chi connectivity index (χ0n) is 13.8. The summed E-state index contributed by atoms with van der Waals surface area (Å²) in [5.74, 6) is -0.568. The third-order valence-electron chi connectivity index (χ3n) is 4.28. The number of anilines is 1. The van der Waals surface area contributed by atoms with Crippen molar-refractivity contribution in [1.82, 2.24) is 4.90 Å². The normalized spacial score (nSPS) is 17.8. The Balaban J connectivity index is 1.71. The maximum absolute atomic E-state index is 12.6. The minimum Gasteiger partial charge on any atom is -0.326 e. The second-order valence-corrected chi connectivity index (χ2v) is 7.00. The number of alkyl halides is 3. The van der Waals surface area contributed by atoms with Gasteiger partial charge in [-0.2, -0.15) is 13.2 Å². The molecule has 3 rings (SSSR count). The van der Waals surface area contributed by atoms with Gasteiger partial charge in [0, 0.05) is 12.2 Å². The van der Waals surface area contributed by atoms with Gasteiger partial charge in [-0.3, -0.25) is 9.59 Å². The Bertz CT molecular complexity index is 773. The number of hydrogen-bond donors (Lipinski definition) is 1. The predicted octanol–water partition coefficient (Wildman–Crippen LogP) is 4.40. The maximum Gasteiger partial charge on any atom is 0.416 e. The molecule has 1 unspecified atom stereocenters. The largest absolute Gasteiger partial charge is 0.416 e. The fraction of sp³-hybridized carbons (Fsp3) is 0.333. The summed E-state index contributed by atoms with van der Waals surface area (Å²) in [5.41, 5.74) is -0.500. The first kappa shape index (κ1) is 18.4. The van der Waals surface area contributed by atoms with E-state index in [-0.39, 0.29) is 17.5 Å². The van der Waals surface area contributed by atoms with Crippen LogP contribution in [0.5, 0.6) is 0 Å². The number of nitrogens with one attached hydrogen (secondary N) is 1. The highest BCUT2D eigenvalue weighted by atomic mass is 32.1. The van der Waals surface area contributed by atoms with Crippen LogP contribution in [0.1, 0.15) is 34.5 Å². The van der Waals surface area contributed by atoms with Crippen LogP contribution in [0.4, 0.5) is 18.9 Å². The first-order valence-electron chi connectivity index (χ1n) is 8.19. The molecule has 1 atom stereocenters. The summed E-state index contributed by atoms with van der Waals surface area (Å²) < 4.78 is 37.9. The van der Waals surface area contributed by atoms with Crippen LogP contribution in [0.2, 0.25) is 0 Å². The minimum atomic E-state index is -4.42. The molecule has 1 aliphatic rings. The van der Waals surface area contributed by atoms with Crippen molar-refractivity contribution in [2.75, 3.05) is 11.9 Å². The lowest BCUT2D eigenvalue weighted by Crippen LogP contribution is -2.49. The number of hydrogen-bond acceptors (Lipinski definition) is 3. The molecule has 1 N–H and O–H groups in total. The molecular weight excluding hydrogens is 365 g/mol. The smallest absolute Gasteiger partial charge is 0.326 e. The highest BCUT2D eigenvalue weighted by Crippen LogP contribution is 2.30. The topological polar surface area (TPSA) is 49.4 Å². The second kappa shape index (κ2) is 7.49. The van der Waals surface area contributed by atoms with Gasteiger partial charge in [0.1, 0.15) is 6.04 Å². The van der Waals surface area contributed by atoms with Gasteiger partial charge in [0.2, 0.25) is 5.91 Å². The monoisotopic (exact) mass is 382 g/mol. The van der Waals surface area contributed by atoms with Gasteiger partial charge in [-0.25, -0.2) is 0 Å². The zero-order valence-corrected chi connectivity index (χ0v) is 14.6. The number of halogens is 3. The lowest BCUT2D eigenvalue weighted by atomic mass is 10.0. The molecule has 0 bridgehead atoms. The quantitative estimate of drug-likeness (QED) is 0.855. The van der Waals surface area contributed by atoms with E-state index >= 15 is 0 Å². The first-order valence-corrected chi connectivity index (χ1v) is 9.07. The summed E-state index contributed by atoms with van der Waals surface area (Å²) in [7, 11) is 0. The molecule has 8 heteroatoms. The van der Waals surface area contributed by atoms with Crippen LogP contribution in [0.3, 0.4) is 0 Å². The number of piperidine rings is 1. The Morgan fingerprint density at radius 1 is 1.12 bits per heavy atom. The third-order valence-corrected chi connectivity index (χ3v) is 5.14. The molecule has 0 aliphatic carbocycles. The van der Waals surface area contributed by atoms with Gasteiger partial charge in [-0.1, -0.05) is 6.07 Å². The van der Waals surface area contributed by atoms with Gasteiger partial charge in [0.05, 0.1) is 10.4 Å². The van der Waals surface area contributed by atoms with Gasteiger partial charge < -0.3 is 10.2 Å². The molecule has 1 saturated heterocycles. The van der Waals surface area contributed by atoms with Crippen molar-refractivity contribution in [3.8, 4) is 0 Å². The van der Waals surface area contributed by atoms with Crippen molar-refractivity contribution in [3.05, 3.63) is 52.2 Å². The van der Waals surface area contributed by atoms with E-state index in [9.17, 15) is 22.8 Å². The molecule has 138 valence electrons. The highest BCUT2D eigenvalue weighted by Gasteiger charge is 2.33. The number of thiophene rings is 1. The van der Waals surface area contributed by atoms with Gasteiger partial charge in [-0.05, 0) is 55.0 Å². The second-order valence-electron chi connectivity index (χ2n) is 6.05. The number of rotatable bonds is 3. The Hall–Kier alpha value is -2.35. The lowest BCUT2D eigenvalue weighted by Gasteiger charge is -2.34. The van der Waals surface area contributed by atoms with Gasteiger partial charge in [-0.15, -0.1) is 11.3 Å². The predicted molar refractivity (Wildman–Crippen MR) is 93.1 cm³/mol. The van der Waals surface area contributed by atoms with Crippen LogP contribution in [-0.2, 0) is 11.0 Å². The molecule has 26 heavy (non-hydrogen) atoms. The molecule has 2 amide bonds. The third kappa shape index (κ3) is 4.07. The number of benzene rings is 1. The van der Waals surface area contributed by atoms with Crippen molar-refractivity contribution < 1.29 is 22.8 Å². The Kier molecular flexibility index (Phi) is 5.31. The van der Waals surface area contributed by atoms with E-state index in [1.54, 1.807) is 22.4 Å². The number of carbonyl (C=O) groups excluding carboxylic acids is 2. The Labute approximate surface area is 152 Å². The maximum atomic E-state index is 12.6. The molecular formula is C18H17F3N2O2S. The minimum absolute atomic E-state index is 0.188. The fourth-order valence-corrected chi connectivity index (χ4v) is 3.64. The van der Waals surface area contributed by atoms with Crippen molar-refractivity contribution in [2.45, 2.75) is 31.5 Å². The van der Waals surface area contributed by atoms with E-state index in [0.717, 1.165) is 25.0 Å². The van der Waals surface area contributed by atoms with Gasteiger partial charge >= 0.3 is 6.18 Å². The fourth-order valence-electron chi connectivity index (χ4n) is 2.96. The van der Waals surface area contributed by atoms with Crippen LogP contribution < -0.4 is 5.32 Å². The SMILES string of the molecule is O=C(Nc1ccc(C(F)(F)F)cc1)C1CCCCN1C(=O)c1cccs1. The Morgan fingerprint density at radius 2 is 1.85 bits per heavy atom. The molecule has 1 aromatic carbocycles. The molecule has 2 aromatic rings. The van der Waals surface area contributed by atoms with Crippen molar-refractivity contribution in [1.29, 1.82) is 0 Å². The van der Waals surface area contributed by atoms with Crippen molar-refractivity contribution in [2.24, 2.45) is 0 Å². The molecule has 0 radical (unpaired) electrons. The van der Waals surface area contributed by atoms with E-state index in [4.69, 9.17) is 0 Å². The van der Waals surface area contributed by atoms with Gasteiger partial charge in [0.15, 0.2) is 0 Å². The van der Waals surface area contributed by atoms with Crippen LogP contribution in [-0.4, -0.2) is 29.3 Å². The number of carbonyl (C=O) groups is 2. The van der Waals surface area contributed by atoms with Crippen LogP contribution in [0, 0.1) is 0 Å². The average molecular weight is 382 g/mol. The summed E-state index contributed by atoms with van der Waals surface area (Å²) in [6, 6.07) is 7.15. The summed E-state index contributed by atoms with van der Waals surface area (Å²) >= 11 is 1.32. The summed E-state index contributed by atoms with van der Waals surface area (Å²) in [6.07, 6.45) is -2.25. The zero-order chi connectivity index (χ0) is 18.7. The Morgan fingerprint density at radius 3 is 2.46 bits per heavy atom. The number of nitrogens with zero attached hydrogens (tertiary/aromatic N) is 1. The van der Waals surface area contributed by atoms with Crippen molar-refractivity contribution >= 4 is 28.8 Å². The van der Waals surface area contributed by atoms with Crippen LogP contribution in [0.25, 0.3) is 0 Å². The lowest BCUT2D eigenvalue weighted by molar-refractivity contribution is -0.137. The first-order chi connectivity index (χ1) is 12.4. The van der Waals surface area contributed by atoms with Crippen LogP contribution in [0.15, 0.2) is 41.8 Å². The standard InChI is InChI=1S/C18H17F3N2O2S/c19-18(20,21)12-6-8-13(9-7-12)22-16(24)14-4-1-2-10-23(14)17(25)15-5-3-11-26-15/h3,5-9,11,14H,1-2,4,10H2,(H,22,24). The van der Waals surface area contributed by atoms with E-state index in [0.29, 0.717) is 17.8 Å². The molecule has 0 saturated carbocycles. The van der Waals surface area contributed by atoms with E-state index < -0.39 is 17.8 Å². The molecule has 1 aliphatic heterocycles. The van der Waals surface area contributed by atoms with E-state index in [2.05, 4.69) is 5.32 Å². The molecule has 1 aromatic heterocycles. The van der Waals surface area contributed by atoms with E-state index in [1.165, 1.54) is 23.5 Å². The number of amides is 2. The summed E-state index contributed by atoms with van der Waals surface area (Å²) in [4.78, 5) is 27.3. The van der Waals surface area contributed by atoms with Crippen molar-refractivity contribution in [3.63, 3.8) is 0 Å². The number of likely N-dealkylation sites (tertiary alicyclic amines) is 1. The molecule has 1 fully saturated rings.